The van der Waals surface area contributed by atoms with E-state index < -0.39 is 11.2 Å². The quantitative estimate of drug-likeness (QED) is 0.595. The van der Waals surface area contributed by atoms with Crippen molar-refractivity contribution in [3.63, 3.8) is 0 Å². The molecule has 0 unspecified atom stereocenters. The van der Waals surface area contributed by atoms with E-state index in [0.29, 0.717) is 17.0 Å². The predicted octanol–water partition coefficient (Wildman–Crippen LogP) is 3.60. The standard InChI is InChI=1S/C26H32N4O3/c1-23(2,31)22-28-21(29-33-22)17-12-20(14-27-13-17)26(32,25(4)15-30(5)16-25)19-8-6-18(7-9-19)24(3)10-11-24/h6-9,12-14,31-32H,10-11,15-16H2,1-5H3/t26-/m0/s1. The molecule has 3 aromatic rings. The molecule has 2 aromatic heterocycles. The van der Waals surface area contributed by atoms with E-state index in [1.165, 1.54) is 18.4 Å². The average Bonchev–Trinajstić information content (AvgIpc) is 3.30. The fourth-order valence-corrected chi connectivity index (χ4v) is 5.18. The Morgan fingerprint density at radius 1 is 1.00 bits per heavy atom. The molecule has 2 N–H and O–H groups in total. The molecule has 1 saturated heterocycles. The van der Waals surface area contributed by atoms with Crippen LogP contribution in [-0.2, 0) is 16.6 Å². The largest absolute Gasteiger partial charge is 0.381 e. The highest BCUT2D eigenvalue weighted by Crippen LogP contribution is 2.52. The molecule has 7 nitrogen and oxygen atoms in total. The maximum Gasteiger partial charge on any atom is 0.258 e. The van der Waals surface area contributed by atoms with Crippen LogP contribution in [0.1, 0.15) is 63.1 Å². The van der Waals surface area contributed by atoms with Gasteiger partial charge in [-0.3, -0.25) is 4.98 Å². The van der Waals surface area contributed by atoms with Crippen LogP contribution in [0.2, 0.25) is 0 Å². The molecule has 2 aliphatic rings. The highest BCUT2D eigenvalue weighted by atomic mass is 16.5. The molecular formula is C26H32N4O3. The monoisotopic (exact) mass is 448 g/mol. The third-order valence-corrected chi connectivity index (χ3v) is 7.47. The lowest BCUT2D eigenvalue weighted by atomic mass is 9.62. The van der Waals surface area contributed by atoms with Gasteiger partial charge in [-0.1, -0.05) is 43.3 Å². The van der Waals surface area contributed by atoms with E-state index in [1.807, 2.05) is 6.07 Å². The maximum absolute atomic E-state index is 12.4. The first-order valence-electron chi connectivity index (χ1n) is 11.5. The highest BCUT2D eigenvalue weighted by molar-refractivity contribution is 5.56. The summed E-state index contributed by atoms with van der Waals surface area (Å²) in [5.74, 6) is 0.464. The van der Waals surface area contributed by atoms with E-state index in [0.717, 1.165) is 18.7 Å². The Labute approximate surface area is 194 Å². The van der Waals surface area contributed by atoms with Gasteiger partial charge in [-0.05, 0) is 56.3 Å². The summed E-state index contributed by atoms with van der Waals surface area (Å²) in [6.45, 7) is 9.12. The number of hydrogen-bond acceptors (Lipinski definition) is 7. The summed E-state index contributed by atoms with van der Waals surface area (Å²) in [5, 5.41) is 26.6. The van der Waals surface area contributed by atoms with E-state index in [1.54, 1.807) is 26.2 Å². The molecular weight excluding hydrogens is 416 g/mol. The van der Waals surface area contributed by atoms with Crippen LogP contribution in [0.25, 0.3) is 11.4 Å². The molecule has 0 spiro atoms. The van der Waals surface area contributed by atoms with Gasteiger partial charge in [0.05, 0.1) is 0 Å². The molecule has 174 valence electrons. The molecule has 0 radical (unpaired) electrons. The second-order valence-corrected chi connectivity index (χ2v) is 11.0. The van der Waals surface area contributed by atoms with Gasteiger partial charge >= 0.3 is 0 Å². The summed E-state index contributed by atoms with van der Waals surface area (Å²) >= 11 is 0. The minimum absolute atomic E-state index is 0.134. The minimum atomic E-state index is -1.24. The van der Waals surface area contributed by atoms with Gasteiger partial charge < -0.3 is 19.6 Å². The maximum atomic E-state index is 12.4. The Kier molecular flexibility index (Phi) is 4.84. The third-order valence-electron chi connectivity index (χ3n) is 7.47. The topological polar surface area (TPSA) is 95.5 Å². The van der Waals surface area contributed by atoms with Crippen molar-refractivity contribution in [1.82, 2.24) is 20.0 Å². The number of nitrogens with zero attached hydrogens (tertiary/aromatic N) is 4. The number of aromatic nitrogens is 3. The molecule has 3 heterocycles. The van der Waals surface area contributed by atoms with Gasteiger partial charge in [0.2, 0.25) is 5.82 Å². The summed E-state index contributed by atoms with van der Waals surface area (Å²) in [4.78, 5) is 11.0. The van der Waals surface area contributed by atoms with Crippen molar-refractivity contribution in [3.8, 4) is 11.4 Å². The second kappa shape index (κ2) is 7.19. The minimum Gasteiger partial charge on any atom is -0.381 e. The molecule has 1 aliphatic carbocycles. The van der Waals surface area contributed by atoms with E-state index in [2.05, 4.69) is 65.2 Å². The second-order valence-electron chi connectivity index (χ2n) is 11.0. The fourth-order valence-electron chi connectivity index (χ4n) is 5.18. The first kappa shape index (κ1) is 22.2. The molecule has 0 bridgehead atoms. The number of benzene rings is 1. The molecule has 33 heavy (non-hydrogen) atoms. The highest BCUT2D eigenvalue weighted by Gasteiger charge is 2.55. The molecule has 7 heteroatoms. The summed E-state index contributed by atoms with van der Waals surface area (Å²) in [6, 6.07) is 10.3. The number of pyridine rings is 1. The predicted molar refractivity (Wildman–Crippen MR) is 124 cm³/mol. The Bertz CT molecular complexity index is 1170. The molecule has 5 rings (SSSR count). The van der Waals surface area contributed by atoms with Crippen molar-refractivity contribution in [2.24, 2.45) is 5.41 Å². The Morgan fingerprint density at radius 2 is 1.67 bits per heavy atom. The third kappa shape index (κ3) is 3.59. The molecule has 1 aromatic carbocycles. The van der Waals surface area contributed by atoms with Crippen LogP contribution < -0.4 is 0 Å². The van der Waals surface area contributed by atoms with Crippen LogP contribution in [0.15, 0.2) is 47.2 Å². The van der Waals surface area contributed by atoms with Gasteiger partial charge in [0.15, 0.2) is 0 Å². The molecule has 1 atom stereocenters. The van der Waals surface area contributed by atoms with Crippen molar-refractivity contribution >= 4 is 0 Å². The first-order chi connectivity index (χ1) is 15.4. The van der Waals surface area contributed by atoms with Gasteiger partial charge in [0.25, 0.3) is 5.89 Å². The normalized spacial score (nSPS) is 21.3. The van der Waals surface area contributed by atoms with Gasteiger partial charge in [0, 0.05) is 42.0 Å². The van der Waals surface area contributed by atoms with Crippen LogP contribution in [0.4, 0.5) is 0 Å². The Balaban J connectivity index is 1.58. The smallest absolute Gasteiger partial charge is 0.258 e. The van der Waals surface area contributed by atoms with Crippen molar-refractivity contribution < 1.29 is 14.7 Å². The van der Waals surface area contributed by atoms with E-state index in [4.69, 9.17) is 4.52 Å². The lowest BCUT2D eigenvalue weighted by molar-refractivity contribution is -0.127. The Hall–Kier alpha value is -2.61. The van der Waals surface area contributed by atoms with Crippen LogP contribution >= 0.6 is 0 Å². The number of hydrogen-bond donors (Lipinski definition) is 2. The SMILES string of the molecule is CN1CC(C)([C@](O)(c2ccc(C3(C)CC3)cc2)c2cncc(-c3noc(C(C)(C)O)n3)c2)C1. The number of aliphatic hydroxyl groups is 2. The summed E-state index contributed by atoms with van der Waals surface area (Å²) in [7, 11) is 2.06. The van der Waals surface area contributed by atoms with Gasteiger partial charge in [-0.2, -0.15) is 4.98 Å². The van der Waals surface area contributed by atoms with Crippen molar-refractivity contribution in [3.05, 3.63) is 65.3 Å². The fraction of sp³-hybridized carbons (Fsp3) is 0.500. The van der Waals surface area contributed by atoms with E-state index in [9.17, 15) is 10.2 Å². The Morgan fingerprint density at radius 3 is 2.21 bits per heavy atom. The van der Waals surface area contributed by atoms with Crippen molar-refractivity contribution in [2.45, 2.75) is 57.2 Å². The number of rotatable bonds is 6. The van der Waals surface area contributed by atoms with Gasteiger partial charge in [-0.25, -0.2) is 0 Å². The lowest BCUT2D eigenvalue weighted by Crippen LogP contribution is -2.63. The van der Waals surface area contributed by atoms with Crippen molar-refractivity contribution in [2.75, 3.05) is 20.1 Å². The summed E-state index contributed by atoms with van der Waals surface area (Å²) in [6.07, 6.45) is 5.79. The summed E-state index contributed by atoms with van der Waals surface area (Å²) < 4.78 is 5.25. The van der Waals surface area contributed by atoms with Crippen LogP contribution in [-0.4, -0.2) is 50.4 Å². The van der Waals surface area contributed by atoms with Crippen LogP contribution in [0, 0.1) is 5.41 Å². The zero-order chi connectivity index (χ0) is 23.6. The average molecular weight is 449 g/mol. The van der Waals surface area contributed by atoms with Crippen LogP contribution in [0.3, 0.4) is 0 Å². The lowest BCUT2D eigenvalue weighted by Gasteiger charge is -2.55. The van der Waals surface area contributed by atoms with Crippen LogP contribution in [0.5, 0.6) is 0 Å². The number of likely N-dealkylation sites (tertiary alicyclic amines) is 1. The molecule has 0 amide bonds. The zero-order valence-corrected chi connectivity index (χ0v) is 20.0. The molecule has 2 fully saturated rings. The zero-order valence-electron chi connectivity index (χ0n) is 20.0. The molecule has 1 aliphatic heterocycles. The van der Waals surface area contributed by atoms with Gasteiger partial charge in [0.1, 0.15) is 11.2 Å². The van der Waals surface area contributed by atoms with Gasteiger partial charge in [-0.15, -0.1) is 0 Å². The molecule has 1 saturated carbocycles. The van der Waals surface area contributed by atoms with Crippen molar-refractivity contribution in [1.29, 1.82) is 0 Å². The van der Waals surface area contributed by atoms with E-state index in [-0.39, 0.29) is 16.7 Å². The summed E-state index contributed by atoms with van der Waals surface area (Å²) in [5.41, 5.74) is 0.907. The first-order valence-corrected chi connectivity index (χ1v) is 11.5. The van der Waals surface area contributed by atoms with E-state index >= 15 is 0 Å².